The highest BCUT2D eigenvalue weighted by Gasteiger charge is 2.25. The van der Waals surface area contributed by atoms with Crippen LogP contribution in [0, 0.1) is 0 Å². The number of aliphatic hydroxyl groups excluding tert-OH is 1. The Morgan fingerprint density at radius 1 is 1.19 bits per heavy atom. The maximum Gasteiger partial charge on any atom is 0.234 e. The van der Waals surface area contributed by atoms with Gasteiger partial charge in [0.15, 0.2) is 0 Å². The lowest BCUT2D eigenvalue weighted by molar-refractivity contribution is -0.122. The van der Waals surface area contributed by atoms with Gasteiger partial charge in [-0.2, -0.15) is 0 Å². The van der Waals surface area contributed by atoms with Crippen molar-refractivity contribution in [3.05, 3.63) is 29.8 Å². The van der Waals surface area contributed by atoms with Gasteiger partial charge in [-0.1, -0.05) is 19.1 Å². The minimum absolute atomic E-state index is 0.142. The number of aliphatic hydroxyl groups is 1. The van der Waals surface area contributed by atoms with Crippen molar-refractivity contribution in [3.63, 3.8) is 0 Å². The molecule has 0 spiro atoms. The van der Waals surface area contributed by atoms with Gasteiger partial charge in [0.05, 0.1) is 6.54 Å². The molecule has 0 unspecified atom stereocenters. The molecular weight excluding hydrogens is 330 g/mol. The molecule has 6 nitrogen and oxygen atoms in total. The van der Waals surface area contributed by atoms with E-state index in [0.717, 1.165) is 51.2 Å². The first-order valence-corrected chi connectivity index (χ1v) is 9.76. The Morgan fingerprint density at radius 2 is 1.85 bits per heavy atom. The number of hydrogen-bond acceptors (Lipinski definition) is 5. The Balaban J connectivity index is 1.31. The lowest BCUT2D eigenvalue weighted by atomic mass is 10.2. The molecule has 6 heteroatoms. The lowest BCUT2D eigenvalue weighted by Gasteiger charge is -2.35. The van der Waals surface area contributed by atoms with E-state index >= 15 is 0 Å². The van der Waals surface area contributed by atoms with Crippen LogP contribution in [0.2, 0.25) is 0 Å². The molecule has 1 aromatic rings. The van der Waals surface area contributed by atoms with Gasteiger partial charge >= 0.3 is 0 Å². The monoisotopic (exact) mass is 361 g/mol. The fourth-order valence-electron chi connectivity index (χ4n) is 3.20. The molecule has 0 radical (unpaired) electrons. The van der Waals surface area contributed by atoms with Crippen LogP contribution in [0.15, 0.2) is 24.3 Å². The number of nitrogens with one attached hydrogen (secondary N) is 1. The summed E-state index contributed by atoms with van der Waals surface area (Å²) in [6, 6.07) is 8.45. The molecule has 1 amide bonds. The largest absolute Gasteiger partial charge is 0.491 e. The van der Waals surface area contributed by atoms with E-state index in [-0.39, 0.29) is 5.91 Å². The van der Waals surface area contributed by atoms with E-state index in [1.54, 1.807) is 0 Å². The number of aryl methyl sites for hydroxylation is 1. The summed E-state index contributed by atoms with van der Waals surface area (Å²) in [6.45, 7) is 7.00. The van der Waals surface area contributed by atoms with Crippen molar-refractivity contribution in [1.82, 2.24) is 15.1 Å². The first-order chi connectivity index (χ1) is 12.6. The van der Waals surface area contributed by atoms with E-state index in [1.165, 1.54) is 5.56 Å². The quantitative estimate of drug-likeness (QED) is 0.684. The predicted octanol–water partition coefficient (Wildman–Crippen LogP) is 0.885. The molecular formula is C20H31N3O3. The van der Waals surface area contributed by atoms with Gasteiger partial charge in [0.25, 0.3) is 0 Å². The highest BCUT2D eigenvalue weighted by atomic mass is 16.5. The summed E-state index contributed by atoms with van der Waals surface area (Å²) in [5.41, 5.74) is 1.28. The number of carbonyl (C=O) groups is 1. The normalized spacial score (nSPS) is 19.9. The van der Waals surface area contributed by atoms with Crippen molar-refractivity contribution >= 4 is 5.91 Å². The summed E-state index contributed by atoms with van der Waals surface area (Å²) in [4.78, 5) is 16.3. The Hall–Kier alpha value is -1.63. The summed E-state index contributed by atoms with van der Waals surface area (Å²) in [7, 11) is 0. The molecule has 2 fully saturated rings. The average Bonchev–Trinajstić information content (AvgIpc) is 3.46. The number of amides is 1. The molecule has 1 aromatic carbocycles. The third kappa shape index (κ3) is 6.27. The first-order valence-electron chi connectivity index (χ1n) is 9.76. The van der Waals surface area contributed by atoms with Crippen molar-refractivity contribution in [2.24, 2.45) is 0 Å². The molecule has 0 bridgehead atoms. The smallest absolute Gasteiger partial charge is 0.234 e. The molecule has 0 aromatic heterocycles. The minimum Gasteiger partial charge on any atom is -0.491 e. The SMILES string of the molecule is CCc1ccc(OC[C@H](O)CN2CCN(CC(=O)NC3CC3)CC2)cc1. The standard InChI is InChI=1S/C20H31N3O3/c1-2-16-3-7-19(8-4-16)26-15-18(24)13-22-9-11-23(12-10-22)14-20(25)21-17-5-6-17/h3-4,7-8,17-18,24H,2,5-6,9-15H2,1H3,(H,21,25)/t18-/m1/s1. The second kappa shape index (κ2) is 9.35. The van der Waals surface area contributed by atoms with Crippen LogP contribution < -0.4 is 10.1 Å². The molecule has 1 saturated carbocycles. The zero-order valence-electron chi connectivity index (χ0n) is 15.7. The molecule has 1 heterocycles. The van der Waals surface area contributed by atoms with Gasteiger partial charge in [-0.25, -0.2) is 0 Å². The molecule has 144 valence electrons. The second-order valence-electron chi connectivity index (χ2n) is 7.38. The number of ether oxygens (including phenoxy) is 1. The van der Waals surface area contributed by atoms with E-state index in [1.807, 2.05) is 12.1 Å². The van der Waals surface area contributed by atoms with Crippen LogP contribution in [0.1, 0.15) is 25.3 Å². The van der Waals surface area contributed by atoms with Crippen LogP contribution in [0.25, 0.3) is 0 Å². The van der Waals surface area contributed by atoms with Crippen molar-refractivity contribution in [2.45, 2.75) is 38.3 Å². The summed E-state index contributed by atoms with van der Waals surface area (Å²) in [6.07, 6.45) is 2.76. The Morgan fingerprint density at radius 3 is 2.46 bits per heavy atom. The van der Waals surface area contributed by atoms with Crippen LogP contribution in [0.5, 0.6) is 5.75 Å². The van der Waals surface area contributed by atoms with Crippen LogP contribution in [0.4, 0.5) is 0 Å². The summed E-state index contributed by atoms with van der Waals surface area (Å²) in [5.74, 6) is 0.941. The zero-order valence-corrected chi connectivity index (χ0v) is 15.7. The van der Waals surface area contributed by atoms with E-state index in [4.69, 9.17) is 4.74 Å². The molecule has 26 heavy (non-hydrogen) atoms. The fourth-order valence-corrected chi connectivity index (χ4v) is 3.20. The zero-order chi connectivity index (χ0) is 18.4. The summed E-state index contributed by atoms with van der Waals surface area (Å²) >= 11 is 0. The third-order valence-electron chi connectivity index (χ3n) is 5.02. The number of rotatable bonds is 9. The fraction of sp³-hybridized carbons (Fsp3) is 0.650. The maximum atomic E-state index is 11.9. The molecule has 1 aliphatic carbocycles. The van der Waals surface area contributed by atoms with Crippen LogP contribution in [-0.2, 0) is 11.2 Å². The highest BCUT2D eigenvalue weighted by molar-refractivity contribution is 5.78. The van der Waals surface area contributed by atoms with Crippen LogP contribution in [0.3, 0.4) is 0 Å². The molecule has 1 aliphatic heterocycles. The average molecular weight is 361 g/mol. The number of benzene rings is 1. The van der Waals surface area contributed by atoms with Crippen LogP contribution >= 0.6 is 0 Å². The molecule has 1 atom stereocenters. The highest BCUT2D eigenvalue weighted by Crippen LogP contribution is 2.18. The first kappa shape index (κ1) is 19.1. The number of β-amino-alcohol motifs (C(OH)–C–C–N with tert-alkyl or cyclic N) is 1. The summed E-state index contributed by atoms with van der Waals surface area (Å²) < 4.78 is 5.69. The third-order valence-corrected chi connectivity index (χ3v) is 5.02. The Labute approximate surface area is 156 Å². The predicted molar refractivity (Wildman–Crippen MR) is 101 cm³/mol. The van der Waals surface area contributed by atoms with E-state index in [0.29, 0.717) is 25.7 Å². The van der Waals surface area contributed by atoms with Gasteiger partial charge in [0, 0.05) is 38.8 Å². The van der Waals surface area contributed by atoms with Gasteiger partial charge in [-0.05, 0) is 37.0 Å². The number of carbonyl (C=O) groups excluding carboxylic acids is 1. The van der Waals surface area contributed by atoms with Crippen molar-refractivity contribution in [2.75, 3.05) is 45.9 Å². The topological polar surface area (TPSA) is 65.0 Å². The molecule has 2 aliphatic rings. The second-order valence-corrected chi connectivity index (χ2v) is 7.38. The lowest BCUT2D eigenvalue weighted by Crippen LogP contribution is -2.51. The number of nitrogens with zero attached hydrogens (tertiary/aromatic N) is 2. The maximum absolute atomic E-state index is 11.9. The van der Waals surface area contributed by atoms with E-state index < -0.39 is 6.10 Å². The van der Waals surface area contributed by atoms with Crippen molar-refractivity contribution in [3.8, 4) is 5.75 Å². The van der Waals surface area contributed by atoms with Gasteiger partial charge in [0.1, 0.15) is 18.5 Å². The Bertz CT molecular complexity index is 566. The summed E-state index contributed by atoms with van der Waals surface area (Å²) in [5, 5.41) is 13.3. The molecule has 2 N–H and O–H groups in total. The van der Waals surface area contributed by atoms with E-state index in [9.17, 15) is 9.90 Å². The van der Waals surface area contributed by atoms with Gasteiger partial charge in [0.2, 0.25) is 5.91 Å². The minimum atomic E-state index is -0.509. The molecule has 3 rings (SSSR count). The van der Waals surface area contributed by atoms with Gasteiger partial charge in [-0.3, -0.25) is 14.6 Å². The molecule has 1 saturated heterocycles. The number of piperazine rings is 1. The van der Waals surface area contributed by atoms with E-state index in [2.05, 4.69) is 34.2 Å². The van der Waals surface area contributed by atoms with Gasteiger partial charge < -0.3 is 15.2 Å². The Kier molecular flexibility index (Phi) is 6.88. The van der Waals surface area contributed by atoms with Crippen LogP contribution in [-0.4, -0.2) is 78.8 Å². The van der Waals surface area contributed by atoms with Crippen molar-refractivity contribution < 1.29 is 14.6 Å². The van der Waals surface area contributed by atoms with Gasteiger partial charge in [-0.15, -0.1) is 0 Å². The number of hydrogen-bond donors (Lipinski definition) is 2. The van der Waals surface area contributed by atoms with Crippen molar-refractivity contribution in [1.29, 1.82) is 0 Å².